The minimum absolute atomic E-state index is 0.0359. The van der Waals surface area contributed by atoms with Crippen LogP contribution in [0.4, 0.5) is 0 Å². The Morgan fingerprint density at radius 2 is 2.12 bits per heavy atom. The van der Waals surface area contributed by atoms with E-state index in [0.29, 0.717) is 17.0 Å². The zero-order valence-electron chi connectivity index (χ0n) is 15.0. The van der Waals surface area contributed by atoms with Crippen molar-refractivity contribution < 1.29 is 13.9 Å². The van der Waals surface area contributed by atoms with Gasteiger partial charge in [0.05, 0.1) is 23.2 Å². The largest absolute Gasteiger partial charge is 0.460 e. The maximum absolute atomic E-state index is 13.0. The molecule has 5 nitrogen and oxygen atoms in total. The smallest absolute Gasteiger partial charge is 0.252 e. The number of pyridine rings is 1. The summed E-state index contributed by atoms with van der Waals surface area (Å²) in [5, 5.41) is 3.92. The monoisotopic (exact) mass is 350 g/mol. The van der Waals surface area contributed by atoms with E-state index in [1.54, 1.807) is 6.07 Å². The molecule has 2 atom stereocenters. The van der Waals surface area contributed by atoms with Gasteiger partial charge < -0.3 is 14.5 Å². The van der Waals surface area contributed by atoms with Gasteiger partial charge in [-0.2, -0.15) is 0 Å². The highest BCUT2D eigenvalue weighted by molar-refractivity contribution is 6.07. The molecule has 0 aliphatic carbocycles. The Kier molecular flexibility index (Phi) is 4.47. The fourth-order valence-electron chi connectivity index (χ4n) is 3.44. The Balaban J connectivity index is 1.71. The Morgan fingerprint density at radius 1 is 1.27 bits per heavy atom. The van der Waals surface area contributed by atoms with Crippen molar-refractivity contribution in [2.75, 3.05) is 6.61 Å². The number of para-hydroxylation sites is 1. The number of hydrogen-bond acceptors (Lipinski definition) is 4. The molecule has 1 aliphatic heterocycles. The maximum atomic E-state index is 13.0. The molecule has 0 bridgehead atoms. The predicted octanol–water partition coefficient (Wildman–Crippen LogP) is 4.10. The molecule has 0 spiro atoms. The molecule has 1 amide bonds. The van der Waals surface area contributed by atoms with E-state index in [9.17, 15) is 4.79 Å². The highest BCUT2D eigenvalue weighted by Gasteiger charge is 2.25. The summed E-state index contributed by atoms with van der Waals surface area (Å²) in [5.41, 5.74) is 2.03. The lowest BCUT2D eigenvalue weighted by Gasteiger charge is -2.20. The van der Waals surface area contributed by atoms with Crippen LogP contribution in [0, 0.1) is 6.92 Å². The van der Waals surface area contributed by atoms with E-state index in [4.69, 9.17) is 9.15 Å². The molecule has 3 heterocycles. The molecule has 1 fully saturated rings. The number of rotatable bonds is 4. The summed E-state index contributed by atoms with van der Waals surface area (Å²) in [4.78, 5) is 17.6. The van der Waals surface area contributed by atoms with Gasteiger partial charge in [-0.1, -0.05) is 18.2 Å². The number of aromatic nitrogens is 1. The Hall–Kier alpha value is -2.66. The van der Waals surface area contributed by atoms with E-state index in [2.05, 4.69) is 10.3 Å². The van der Waals surface area contributed by atoms with Crippen LogP contribution in [0.25, 0.3) is 22.4 Å². The van der Waals surface area contributed by atoms with Crippen molar-refractivity contribution in [2.24, 2.45) is 0 Å². The number of furan rings is 1. The van der Waals surface area contributed by atoms with Gasteiger partial charge in [-0.05, 0) is 51.0 Å². The topological polar surface area (TPSA) is 64.4 Å². The lowest BCUT2D eigenvalue weighted by atomic mass is 10.0. The summed E-state index contributed by atoms with van der Waals surface area (Å²) in [7, 11) is 0. The summed E-state index contributed by atoms with van der Waals surface area (Å²) < 4.78 is 11.4. The van der Waals surface area contributed by atoms with Crippen molar-refractivity contribution in [1.82, 2.24) is 10.3 Å². The molecule has 5 heteroatoms. The Bertz CT molecular complexity index is 941. The van der Waals surface area contributed by atoms with Gasteiger partial charge in [-0.3, -0.25) is 4.79 Å². The van der Waals surface area contributed by atoms with Crippen LogP contribution in [-0.2, 0) is 4.74 Å². The van der Waals surface area contributed by atoms with Crippen molar-refractivity contribution in [3.05, 3.63) is 53.8 Å². The zero-order chi connectivity index (χ0) is 18.1. The fraction of sp³-hybridized carbons (Fsp3) is 0.333. The van der Waals surface area contributed by atoms with Crippen LogP contribution in [0.3, 0.4) is 0 Å². The summed E-state index contributed by atoms with van der Waals surface area (Å²) in [6.07, 6.45) is 2.11. The number of nitrogens with zero attached hydrogens (tertiary/aromatic N) is 1. The third-order valence-electron chi connectivity index (χ3n) is 4.83. The SMILES string of the molecule is Cc1ccc(-c2cc(C(=O)N[C@H](C)[C@@H]3CCCO3)c3ccccc3n2)o1. The quantitative estimate of drug-likeness (QED) is 0.769. The van der Waals surface area contributed by atoms with Crippen LogP contribution in [0.5, 0.6) is 0 Å². The molecule has 0 unspecified atom stereocenters. The summed E-state index contributed by atoms with van der Waals surface area (Å²) in [6, 6.07) is 13.2. The first-order chi connectivity index (χ1) is 12.6. The number of hydrogen-bond donors (Lipinski definition) is 1. The molecule has 26 heavy (non-hydrogen) atoms. The van der Waals surface area contributed by atoms with Crippen LogP contribution in [0.15, 0.2) is 46.9 Å². The van der Waals surface area contributed by atoms with Gasteiger partial charge in [-0.25, -0.2) is 4.98 Å². The van der Waals surface area contributed by atoms with E-state index in [0.717, 1.165) is 36.1 Å². The van der Waals surface area contributed by atoms with Crippen LogP contribution in [-0.4, -0.2) is 29.6 Å². The molecule has 1 saturated heterocycles. The lowest BCUT2D eigenvalue weighted by molar-refractivity contribution is 0.0713. The third kappa shape index (κ3) is 3.22. The average Bonchev–Trinajstić information content (AvgIpc) is 3.32. The van der Waals surface area contributed by atoms with Crippen molar-refractivity contribution in [2.45, 2.75) is 38.8 Å². The van der Waals surface area contributed by atoms with Gasteiger partial charge in [0, 0.05) is 12.0 Å². The highest BCUT2D eigenvalue weighted by Crippen LogP contribution is 2.26. The summed E-state index contributed by atoms with van der Waals surface area (Å²) in [5.74, 6) is 1.36. The standard InChI is InChI=1S/C21H22N2O3/c1-13-9-10-20(26-13)18-12-16(15-6-3-4-7-17(15)23-18)21(24)22-14(2)19-8-5-11-25-19/h3-4,6-7,9-10,12,14,19H,5,8,11H2,1-2H3,(H,22,24)/t14-,19+/m1/s1. The van der Waals surface area contributed by atoms with Crippen molar-refractivity contribution >= 4 is 16.8 Å². The molecule has 4 rings (SSSR count). The second-order valence-electron chi connectivity index (χ2n) is 6.80. The van der Waals surface area contributed by atoms with Crippen LogP contribution in [0.1, 0.15) is 35.9 Å². The predicted molar refractivity (Wildman–Crippen MR) is 100 cm³/mol. The molecule has 134 valence electrons. The number of benzene rings is 1. The molecule has 1 N–H and O–H groups in total. The zero-order valence-corrected chi connectivity index (χ0v) is 15.0. The van der Waals surface area contributed by atoms with Gasteiger partial charge in [-0.15, -0.1) is 0 Å². The molecule has 3 aromatic rings. The van der Waals surface area contributed by atoms with Crippen molar-refractivity contribution in [1.29, 1.82) is 0 Å². The van der Waals surface area contributed by atoms with E-state index in [1.165, 1.54) is 0 Å². The number of nitrogens with one attached hydrogen (secondary N) is 1. The summed E-state index contributed by atoms with van der Waals surface area (Å²) >= 11 is 0. The minimum Gasteiger partial charge on any atom is -0.460 e. The Labute approximate surface area is 152 Å². The molecular weight excluding hydrogens is 328 g/mol. The van der Waals surface area contributed by atoms with E-state index < -0.39 is 0 Å². The second-order valence-corrected chi connectivity index (χ2v) is 6.80. The maximum Gasteiger partial charge on any atom is 0.252 e. The molecule has 0 radical (unpaired) electrons. The van der Waals surface area contributed by atoms with Crippen LogP contribution in [0.2, 0.25) is 0 Å². The van der Waals surface area contributed by atoms with Gasteiger partial charge in [0.15, 0.2) is 5.76 Å². The average molecular weight is 350 g/mol. The lowest BCUT2D eigenvalue weighted by Crippen LogP contribution is -2.40. The number of fused-ring (bicyclic) bond motifs is 1. The molecule has 1 aromatic carbocycles. The van der Waals surface area contributed by atoms with Gasteiger partial charge in [0.2, 0.25) is 0 Å². The number of amides is 1. The molecule has 0 saturated carbocycles. The van der Waals surface area contributed by atoms with Crippen LogP contribution < -0.4 is 5.32 Å². The summed E-state index contributed by atoms with van der Waals surface area (Å²) in [6.45, 7) is 4.65. The number of carbonyl (C=O) groups excluding carboxylic acids is 1. The van der Waals surface area contributed by atoms with Gasteiger partial charge in [0.1, 0.15) is 11.5 Å². The van der Waals surface area contributed by atoms with E-state index in [1.807, 2.05) is 50.2 Å². The second kappa shape index (κ2) is 6.92. The normalized spacial score (nSPS) is 18.2. The fourth-order valence-corrected chi connectivity index (χ4v) is 3.44. The third-order valence-corrected chi connectivity index (χ3v) is 4.83. The van der Waals surface area contributed by atoms with Gasteiger partial charge in [0.25, 0.3) is 5.91 Å². The first-order valence-electron chi connectivity index (χ1n) is 9.01. The highest BCUT2D eigenvalue weighted by atomic mass is 16.5. The van der Waals surface area contributed by atoms with Crippen molar-refractivity contribution in [3.63, 3.8) is 0 Å². The molecule has 1 aliphatic rings. The minimum atomic E-state index is -0.115. The first-order valence-corrected chi connectivity index (χ1v) is 9.01. The first kappa shape index (κ1) is 16.8. The van der Waals surface area contributed by atoms with Gasteiger partial charge >= 0.3 is 0 Å². The van der Waals surface area contributed by atoms with Crippen LogP contribution >= 0.6 is 0 Å². The number of aryl methyl sites for hydroxylation is 1. The number of ether oxygens (including phenoxy) is 1. The Morgan fingerprint density at radius 3 is 2.85 bits per heavy atom. The molecule has 2 aromatic heterocycles. The number of carbonyl (C=O) groups is 1. The van der Waals surface area contributed by atoms with Crippen molar-refractivity contribution in [3.8, 4) is 11.5 Å². The van der Waals surface area contributed by atoms with E-state index in [-0.39, 0.29) is 18.1 Å². The molecular formula is C21H22N2O3. The van der Waals surface area contributed by atoms with E-state index >= 15 is 0 Å².